The van der Waals surface area contributed by atoms with Crippen LogP contribution in [-0.4, -0.2) is 41.0 Å². The molecule has 1 aliphatic rings. The van der Waals surface area contributed by atoms with Crippen molar-refractivity contribution in [1.29, 1.82) is 0 Å². The molecule has 6 heteroatoms. The number of carbonyl (C=O) groups excluding carboxylic acids is 1. The van der Waals surface area contributed by atoms with Crippen LogP contribution in [0.5, 0.6) is 5.75 Å². The lowest BCUT2D eigenvalue weighted by Gasteiger charge is -2.30. The fourth-order valence-corrected chi connectivity index (χ4v) is 2.49. The van der Waals surface area contributed by atoms with Crippen LogP contribution in [0, 0.1) is 0 Å². The highest BCUT2D eigenvalue weighted by Gasteiger charge is 2.31. The summed E-state index contributed by atoms with van der Waals surface area (Å²) in [7, 11) is 0. The minimum Gasteiger partial charge on any atom is -0.491 e. The van der Waals surface area contributed by atoms with E-state index in [1.165, 1.54) is 4.90 Å². The van der Waals surface area contributed by atoms with E-state index in [-0.39, 0.29) is 13.2 Å². The van der Waals surface area contributed by atoms with Gasteiger partial charge in [-0.2, -0.15) is 0 Å². The lowest BCUT2D eigenvalue weighted by molar-refractivity contribution is 0.00307. The fraction of sp³-hybridized carbons (Fsp3) is 0.533. The molecule has 1 amide bonds. The second-order valence-electron chi connectivity index (χ2n) is 6.01. The van der Waals surface area contributed by atoms with Gasteiger partial charge in [-0.3, -0.25) is 4.90 Å². The molecule has 116 valence electrons. The molecule has 1 aliphatic heterocycles. The number of hydrogen-bond acceptors (Lipinski definition) is 4. The van der Waals surface area contributed by atoms with Crippen molar-refractivity contribution in [1.82, 2.24) is 4.90 Å². The number of fused-ring (bicyclic) bond motifs is 1. The molecule has 1 aromatic carbocycles. The van der Waals surface area contributed by atoms with Crippen LogP contribution in [0.1, 0.15) is 26.3 Å². The van der Waals surface area contributed by atoms with Gasteiger partial charge in [0.05, 0.1) is 19.2 Å². The Kier molecular flexibility index (Phi) is 4.78. The summed E-state index contributed by atoms with van der Waals surface area (Å²) in [5, 5.41) is 9.53. The monoisotopic (exact) mass is 357 g/mol. The summed E-state index contributed by atoms with van der Waals surface area (Å²) < 4.78 is 12.0. The van der Waals surface area contributed by atoms with Gasteiger partial charge in [-0.15, -0.1) is 0 Å². The number of aliphatic hydroxyl groups excluding tert-OH is 1. The number of nitrogens with zero attached hydrogens (tertiary/aromatic N) is 1. The van der Waals surface area contributed by atoms with Crippen molar-refractivity contribution < 1.29 is 19.4 Å². The highest BCUT2D eigenvalue weighted by molar-refractivity contribution is 9.10. The second kappa shape index (κ2) is 6.23. The molecule has 0 bridgehead atoms. The number of hydrogen-bond donors (Lipinski definition) is 1. The van der Waals surface area contributed by atoms with Crippen LogP contribution in [0.15, 0.2) is 22.7 Å². The van der Waals surface area contributed by atoms with Crippen molar-refractivity contribution >= 4 is 22.0 Å². The predicted octanol–water partition coefficient (Wildman–Crippen LogP) is 2.94. The highest BCUT2D eigenvalue weighted by Crippen LogP contribution is 2.29. The number of halogens is 1. The molecule has 1 aromatic rings. The van der Waals surface area contributed by atoms with Gasteiger partial charge in [-0.1, -0.05) is 15.9 Å². The lowest BCUT2D eigenvalue weighted by Crippen LogP contribution is -2.46. The highest BCUT2D eigenvalue weighted by atomic mass is 79.9. The molecule has 1 unspecified atom stereocenters. The molecule has 1 N–H and O–H groups in total. The zero-order valence-electron chi connectivity index (χ0n) is 12.4. The van der Waals surface area contributed by atoms with Gasteiger partial charge >= 0.3 is 6.09 Å². The standard InChI is InChI=1S/C15H20BrNO4/c1-15(2,3)21-14(19)17-7-10-6-11(16)4-5-13(10)20-9-12(17)8-18/h4-6,12,18H,7-9H2,1-3H3. The first-order valence-electron chi connectivity index (χ1n) is 6.82. The van der Waals surface area contributed by atoms with Crippen LogP contribution in [0.25, 0.3) is 0 Å². The predicted molar refractivity (Wildman–Crippen MR) is 82.3 cm³/mol. The van der Waals surface area contributed by atoms with E-state index in [0.29, 0.717) is 6.54 Å². The van der Waals surface area contributed by atoms with E-state index in [0.717, 1.165) is 15.8 Å². The summed E-state index contributed by atoms with van der Waals surface area (Å²) in [6.07, 6.45) is -0.446. The van der Waals surface area contributed by atoms with E-state index in [1.807, 2.05) is 39.0 Å². The van der Waals surface area contributed by atoms with E-state index in [9.17, 15) is 9.90 Å². The fourth-order valence-electron chi connectivity index (χ4n) is 2.09. The SMILES string of the molecule is CC(C)(C)OC(=O)N1Cc2cc(Br)ccc2OCC1CO. The third-order valence-corrected chi connectivity index (χ3v) is 3.57. The molecular weight excluding hydrogens is 338 g/mol. The van der Waals surface area contributed by atoms with Crippen molar-refractivity contribution in [3.05, 3.63) is 28.2 Å². The quantitative estimate of drug-likeness (QED) is 0.839. The Morgan fingerprint density at radius 2 is 2.24 bits per heavy atom. The Hall–Kier alpha value is -1.27. The van der Waals surface area contributed by atoms with E-state index in [4.69, 9.17) is 9.47 Å². The number of rotatable bonds is 1. The maximum absolute atomic E-state index is 12.4. The first-order valence-corrected chi connectivity index (χ1v) is 7.61. The number of carbonyl (C=O) groups is 1. The minimum absolute atomic E-state index is 0.172. The molecule has 0 fully saturated rings. The van der Waals surface area contributed by atoms with Gasteiger partial charge < -0.3 is 14.6 Å². The Morgan fingerprint density at radius 1 is 1.52 bits per heavy atom. The van der Waals surface area contributed by atoms with Crippen molar-refractivity contribution in [3.8, 4) is 5.75 Å². The smallest absolute Gasteiger partial charge is 0.411 e. The largest absolute Gasteiger partial charge is 0.491 e. The summed E-state index contributed by atoms with van der Waals surface area (Å²) in [5.74, 6) is 0.725. The maximum Gasteiger partial charge on any atom is 0.411 e. The average molecular weight is 358 g/mol. The van der Waals surface area contributed by atoms with E-state index in [2.05, 4.69) is 15.9 Å². The van der Waals surface area contributed by atoms with Gasteiger partial charge in [0.1, 0.15) is 18.0 Å². The van der Waals surface area contributed by atoms with Gasteiger partial charge in [0.15, 0.2) is 0 Å². The third-order valence-electron chi connectivity index (χ3n) is 3.07. The third kappa shape index (κ3) is 4.11. The van der Waals surface area contributed by atoms with Crippen LogP contribution < -0.4 is 4.74 Å². The molecule has 21 heavy (non-hydrogen) atoms. The van der Waals surface area contributed by atoms with E-state index in [1.54, 1.807) is 0 Å². The van der Waals surface area contributed by atoms with Gasteiger partial charge in [0.25, 0.3) is 0 Å². The Bertz CT molecular complexity index is 527. The summed E-state index contributed by atoms with van der Waals surface area (Å²) in [4.78, 5) is 13.9. The number of amides is 1. The molecule has 0 saturated carbocycles. The Morgan fingerprint density at radius 3 is 2.86 bits per heavy atom. The first kappa shape index (κ1) is 16.1. The molecule has 0 saturated heterocycles. The normalized spacial score (nSPS) is 18.5. The van der Waals surface area contributed by atoms with Gasteiger partial charge in [0, 0.05) is 10.0 Å². The first-order chi connectivity index (χ1) is 9.80. The molecule has 0 radical (unpaired) electrons. The Labute approximate surface area is 133 Å². The topological polar surface area (TPSA) is 59.0 Å². The zero-order valence-corrected chi connectivity index (χ0v) is 14.0. The maximum atomic E-state index is 12.4. The van der Waals surface area contributed by atoms with E-state index >= 15 is 0 Å². The average Bonchev–Trinajstić information content (AvgIpc) is 2.55. The van der Waals surface area contributed by atoms with Crippen molar-refractivity contribution in [2.24, 2.45) is 0 Å². The van der Waals surface area contributed by atoms with Gasteiger partial charge in [-0.25, -0.2) is 4.79 Å². The number of ether oxygens (including phenoxy) is 2. The molecule has 1 atom stereocenters. The van der Waals surface area contributed by atoms with Gasteiger partial charge in [-0.05, 0) is 39.0 Å². The molecule has 1 heterocycles. The van der Waals surface area contributed by atoms with Crippen LogP contribution in [-0.2, 0) is 11.3 Å². The van der Waals surface area contributed by atoms with Crippen LogP contribution >= 0.6 is 15.9 Å². The molecular formula is C15H20BrNO4. The van der Waals surface area contributed by atoms with Crippen LogP contribution in [0.3, 0.4) is 0 Å². The summed E-state index contributed by atoms with van der Waals surface area (Å²) in [6, 6.07) is 5.22. The molecule has 0 aliphatic carbocycles. The van der Waals surface area contributed by atoms with Gasteiger partial charge in [0.2, 0.25) is 0 Å². The van der Waals surface area contributed by atoms with Crippen molar-refractivity contribution in [3.63, 3.8) is 0 Å². The second-order valence-corrected chi connectivity index (χ2v) is 6.92. The minimum atomic E-state index is -0.579. The van der Waals surface area contributed by atoms with Crippen molar-refractivity contribution in [2.75, 3.05) is 13.2 Å². The van der Waals surface area contributed by atoms with Crippen LogP contribution in [0.4, 0.5) is 4.79 Å². The zero-order chi connectivity index (χ0) is 15.6. The van der Waals surface area contributed by atoms with Crippen LogP contribution in [0.2, 0.25) is 0 Å². The summed E-state index contributed by atoms with van der Waals surface area (Å²) in [6.45, 7) is 5.86. The number of aliphatic hydroxyl groups is 1. The lowest BCUT2D eigenvalue weighted by atomic mass is 10.2. The molecule has 0 spiro atoms. The number of benzene rings is 1. The molecule has 2 rings (SSSR count). The molecule has 5 nitrogen and oxygen atoms in total. The van der Waals surface area contributed by atoms with Crippen molar-refractivity contribution in [2.45, 2.75) is 39.0 Å². The Balaban J connectivity index is 2.27. The summed E-state index contributed by atoms with van der Waals surface area (Å²) in [5.41, 5.74) is 0.302. The molecule has 0 aromatic heterocycles. The summed E-state index contributed by atoms with van der Waals surface area (Å²) >= 11 is 3.41. The van der Waals surface area contributed by atoms with E-state index < -0.39 is 17.7 Å².